The van der Waals surface area contributed by atoms with E-state index in [1.165, 1.54) is 13.2 Å². The van der Waals surface area contributed by atoms with Crippen LogP contribution in [0, 0.1) is 0 Å². The first-order chi connectivity index (χ1) is 22.8. The molecule has 2 aliphatic carbocycles. The van der Waals surface area contributed by atoms with Gasteiger partial charge in [0.15, 0.2) is 29.4 Å². The highest BCUT2D eigenvalue weighted by molar-refractivity contribution is 6.31. The number of phenols is 3. The van der Waals surface area contributed by atoms with Gasteiger partial charge >= 0.3 is 0 Å². The zero-order chi connectivity index (χ0) is 35.1. The number of carbonyl (C=O) groups excluding carboxylic acids is 3. The third-order valence-corrected chi connectivity index (χ3v) is 9.89. The summed E-state index contributed by atoms with van der Waals surface area (Å²) < 4.78 is 17.7. The van der Waals surface area contributed by atoms with E-state index in [1.54, 1.807) is 6.92 Å². The molecule has 0 amide bonds. The molecular weight excluding hydrogens is 626 g/mol. The molecule has 1 heterocycles. The molecule has 13 nitrogen and oxygen atoms in total. The molecule has 2 aromatic carbocycles. The Morgan fingerprint density at radius 2 is 1.67 bits per heavy atom. The summed E-state index contributed by atoms with van der Waals surface area (Å²) >= 11 is 0. The van der Waals surface area contributed by atoms with E-state index in [4.69, 9.17) is 14.2 Å². The number of hydrogen-bond donors (Lipinski definition) is 6. The largest absolute Gasteiger partial charge is 0.507 e. The van der Waals surface area contributed by atoms with E-state index in [0.717, 1.165) is 44.8 Å². The Balaban J connectivity index is 1.61. The topological polar surface area (TPSA) is 204 Å². The van der Waals surface area contributed by atoms with Gasteiger partial charge in [-0.25, -0.2) is 0 Å². The van der Waals surface area contributed by atoms with Crippen LogP contribution in [-0.2, 0) is 20.7 Å². The van der Waals surface area contributed by atoms with Gasteiger partial charge in [-0.1, -0.05) is 26.7 Å². The summed E-state index contributed by atoms with van der Waals surface area (Å²) in [4.78, 5) is 42.8. The lowest BCUT2D eigenvalue weighted by molar-refractivity contribution is -0.258. The lowest BCUT2D eigenvalue weighted by Crippen LogP contribution is -2.56. The fourth-order valence-corrected chi connectivity index (χ4v) is 7.29. The number of ketones is 3. The standard InChI is InChI=1S/C35H45NO12/c1-5-7-11-36(12-8-6-2)20-13-24(47-17(3)29(20)40)48-22-15-35(45,23(39)16-37)14-19-25(22)32(43)28-27(31(19)42)30(41)18-9-10-21(38)34(46-4)26(18)33(28)44/h9-10,17,20,22,24,29,37-38,40,42-43,45H,5-8,11-16H2,1-4H3/t17-,20-,22-,24-,29+,35-/m0/s1. The van der Waals surface area contributed by atoms with Crippen molar-refractivity contribution in [3.8, 4) is 23.0 Å². The van der Waals surface area contributed by atoms with Crippen LogP contribution in [0.3, 0.4) is 0 Å². The molecule has 0 saturated carbocycles. The van der Waals surface area contributed by atoms with Gasteiger partial charge in [-0.3, -0.25) is 19.3 Å². The molecule has 0 spiro atoms. The number of phenolic OH excluding ortho intramolecular Hbond substituents is 3. The van der Waals surface area contributed by atoms with Crippen LogP contribution in [0.2, 0.25) is 0 Å². The number of aliphatic hydroxyl groups is 3. The molecule has 262 valence electrons. The number of rotatable bonds is 12. The van der Waals surface area contributed by atoms with Crippen molar-refractivity contribution in [1.29, 1.82) is 0 Å². The molecule has 13 heteroatoms. The number of hydrogen-bond acceptors (Lipinski definition) is 13. The molecule has 6 N–H and O–H groups in total. The molecule has 1 saturated heterocycles. The zero-order valence-corrected chi connectivity index (χ0v) is 27.7. The number of Topliss-reactive ketones (excluding diaryl/α,β-unsaturated/α-hetero) is 1. The molecule has 6 atom stereocenters. The van der Waals surface area contributed by atoms with Gasteiger partial charge in [0.05, 0.1) is 42.1 Å². The second-order valence-electron chi connectivity index (χ2n) is 13.0. The molecule has 1 aliphatic heterocycles. The quantitative estimate of drug-likeness (QED) is 0.154. The molecule has 0 aromatic heterocycles. The predicted octanol–water partition coefficient (Wildman–Crippen LogP) is 2.65. The monoisotopic (exact) mass is 671 g/mol. The van der Waals surface area contributed by atoms with Crippen molar-refractivity contribution < 1.29 is 59.2 Å². The van der Waals surface area contributed by atoms with Crippen LogP contribution >= 0.6 is 0 Å². The molecule has 5 rings (SSSR count). The van der Waals surface area contributed by atoms with Crippen molar-refractivity contribution in [3.05, 3.63) is 45.5 Å². The first kappa shape index (κ1) is 35.7. The van der Waals surface area contributed by atoms with E-state index in [0.29, 0.717) is 0 Å². The minimum absolute atomic E-state index is 0.127. The van der Waals surface area contributed by atoms with Gasteiger partial charge in [-0.05, 0) is 45.0 Å². The number of fused-ring (bicyclic) bond motifs is 3. The smallest absolute Gasteiger partial charge is 0.202 e. The van der Waals surface area contributed by atoms with Crippen LogP contribution in [0.5, 0.6) is 23.0 Å². The summed E-state index contributed by atoms with van der Waals surface area (Å²) in [5.41, 5.74) is -4.17. The number of ether oxygens (including phenoxy) is 3. The highest BCUT2D eigenvalue weighted by Gasteiger charge is 2.50. The van der Waals surface area contributed by atoms with Crippen molar-refractivity contribution in [3.63, 3.8) is 0 Å². The summed E-state index contributed by atoms with van der Waals surface area (Å²) in [7, 11) is 1.21. The van der Waals surface area contributed by atoms with Crippen molar-refractivity contribution in [1.82, 2.24) is 4.90 Å². The summed E-state index contributed by atoms with van der Waals surface area (Å²) in [6, 6.07) is 1.99. The fourth-order valence-electron chi connectivity index (χ4n) is 7.29. The lowest BCUT2D eigenvalue weighted by atomic mass is 9.72. The third-order valence-electron chi connectivity index (χ3n) is 9.89. The number of unbranched alkanes of at least 4 members (excludes halogenated alkanes) is 2. The first-order valence-electron chi connectivity index (χ1n) is 16.5. The van der Waals surface area contributed by atoms with Gasteiger partial charge in [-0.15, -0.1) is 0 Å². The lowest BCUT2D eigenvalue weighted by Gasteiger charge is -2.45. The third kappa shape index (κ3) is 6.08. The van der Waals surface area contributed by atoms with Crippen LogP contribution in [0.4, 0.5) is 0 Å². The zero-order valence-electron chi connectivity index (χ0n) is 27.7. The average molecular weight is 672 g/mol. The molecule has 3 aliphatic rings. The van der Waals surface area contributed by atoms with Crippen LogP contribution in [-0.4, -0.2) is 110 Å². The molecule has 2 aromatic rings. The minimum Gasteiger partial charge on any atom is -0.507 e. The average Bonchev–Trinajstić information content (AvgIpc) is 3.06. The number of aliphatic hydroxyl groups excluding tert-OH is 2. The van der Waals surface area contributed by atoms with E-state index in [9.17, 15) is 45.0 Å². The molecule has 0 bridgehead atoms. The predicted molar refractivity (Wildman–Crippen MR) is 171 cm³/mol. The van der Waals surface area contributed by atoms with Gasteiger partial charge in [0.1, 0.15) is 23.7 Å². The summed E-state index contributed by atoms with van der Waals surface area (Å²) in [5, 5.41) is 66.2. The van der Waals surface area contributed by atoms with Crippen molar-refractivity contribution in [2.75, 3.05) is 26.8 Å². The Morgan fingerprint density at radius 3 is 2.27 bits per heavy atom. The van der Waals surface area contributed by atoms with Crippen molar-refractivity contribution in [2.45, 2.75) is 102 Å². The van der Waals surface area contributed by atoms with Crippen LogP contribution in [0.25, 0.3) is 0 Å². The van der Waals surface area contributed by atoms with Crippen molar-refractivity contribution in [2.24, 2.45) is 0 Å². The normalized spacial score (nSPS) is 26.6. The Bertz CT molecular complexity index is 1580. The maximum absolute atomic E-state index is 13.9. The van der Waals surface area contributed by atoms with Gasteiger partial charge in [0.25, 0.3) is 0 Å². The molecule has 1 fully saturated rings. The van der Waals surface area contributed by atoms with E-state index < -0.39 is 95.4 Å². The first-order valence-corrected chi connectivity index (χ1v) is 16.5. The Kier molecular flexibility index (Phi) is 10.5. The summed E-state index contributed by atoms with van der Waals surface area (Å²) in [6.07, 6.45) is -1.05. The Labute approximate surface area is 278 Å². The highest BCUT2D eigenvalue weighted by Crippen LogP contribution is 2.53. The van der Waals surface area contributed by atoms with E-state index >= 15 is 0 Å². The van der Waals surface area contributed by atoms with Crippen LogP contribution in [0.1, 0.15) is 108 Å². The Morgan fingerprint density at radius 1 is 1.02 bits per heavy atom. The molecular formula is C35H45NO12. The van der Waals surface area contributed by atoms with Crippen LogP contribution in [0.15, 0.2) is 12.1 Å². The number of benzene rings is 2. The summed E-state index contributed by atoms with van der Waals surface area (Å²) in [6.45, 7) is 6.32. The second kappa shape index (κ2) is 14.1. The molecule has 0 unspecified atom stereocenters. The van der Waals surface area contributed by atoms with Gasteiger partial charge in [-0.2, -0.15) is 0 Å². The van der Waals surface area contributed by atoms with Crippen LogP contribution < -0.4 is 4.74 Å². The number of methoxy groups -OCH3 is 1. The van der Waals surface area contributed by atoms with E-state index in [1.807, 2.05) is 0 Å². The van der Waals surface area contributed by atoms with Gasteiger partial charge < -0.3 is 44.8 Å². The summed E-state index contributed by atoms with van der Waals surface area (Å²) in [5.74, 6) is -4.86. The van der Waals surface area contributed by atoms with E-state index in [2.05, 4.69) is 18.7 Å². The maximum Gasteiger partial charge on any atom is 0.202 e. The second-order valence-corrected chi connectivity index (χ2v) is 13.0. The molecule has 48 heavy (non-hydrogen) atoms. The van der Waals surface area contributed by atoms with Gasteiger partial charge in [0.2, 0.25) is 5.78 Å². The van der Waals surface area contributed by atoms with E-state index in [-0.39, 0.29) is 40.5 Å². The Hall–Kier alpha value is -3.59. The highest BCUT2D eigenvalue weighted by atomic mass is 16.7. The minimum atomic E-state index is -2.27. The number of carbonyl (C=O) groups is 3. The van der Waals surface area contributed by atoms with Gasteiger partial charge in [0, 0.05) is 42.0 Å². The fraction of sp³-hybridized carbons (Fsp3) is 0.571. The maximum atomic E-state index is 13.9. The molecule has 0 radical (unpaired) electrons. The number of nitrogens with zero attached hydrogens (tertiary/aromatic N) is 1. The number of aromatic hydroxyl groups is 3. The SMILES string of the molecule is CCCCN(CCCC)[C@H]1C[C@H](O[C@H]2C[C@](O)(C(=O)CO)Cc3c(O)c4c(c(O)c32)C(=O)c2c(ccc(O)c2OC)C4=O)O[C@@H](C)[C@H]1O. The van der Waals surface area contributed by atoms with Crippen molar-refractivity contribution >= 4 is 17.3 Å².